The summed E-state index contributed by atoms with van der Waals surface area (Å²) in [6.07, 6.45) is 2.96. The summed E-state index contributed by atoms with van der Waals surface area (Å²) in [5, 5.41) is 0. The van der Waals surface area contributed by atoms with Crippen LogP contribution in [0.25, 0.3) is 0 Å². The van der Waals surface area contributed by atoms with E-state index in [1.165, 1.54) is 5.57 Å². The molecule has 1 heterocycles. The largest absolute Gasteiger partial charge is 0.380 e. The highest BCUT2D eigenvalue weighted by atomic mass is 16.5. The highest BCUT2D eigenvalue weighted by Gasteiger charge is 2.31. The van der Waals surface area contributed by atoms with Gasteiger partial charge < -0.3 is 15.4 Å². The maximum atomic E-state index is 12.1. The van der Waals surface area contributed by atoms with Gasteiger partial charge in [-0.15, -0.1) is 0 Å². The summed E-state index contributed by atoms with van der Waals surface area (Å²) in [6, 6.07) is -0.431. The first kappa shape index (κ1) is 14.2. The van der Waals surface area contributed by atoms with Gasteiger partial charge in [0, 0.05) is 20.2 Å². The van der Waals surface area contributed by atoms with Crippen molar-refractivity contribution in [1.29, 1.82) is 0 Å². The Bertz CT molecular complexity index is 305. The van der Waals surface area contributed by atoms with E-state index in [-0.39, 0.29) is 11.3 Å². The monoisotopic (exact) mass is 240 g/mol. The number of nitrogens with two attached hydrogens (primary N) is 1. The van der Waals surface area contributed by atoms with Crippen molar-refractivity contribution in [1.82, 2.24) is 4.90 Å². The highest BCUT2D eigenvalue weighted by molar-refractivity contribution is 5.82. The Morgan fingerprint density at radius 1 is 1.59 bits per heavy atom. The fraction of sp³-hybridized carbons (Fsp3) is 0.769. The fourth-order valence-corrected chi connectivity index (χ4v) is 1.79. The molecule has 0 fully saturated rings. The number of methoxy groups -OCH3 is 1. The molecule has 98 valence electrons. The molecule has 0 radical (unpaired) electrons. The van der Waals surface area contributed by atoms with Crippen LogP contribution in [0.5, 0.6) is 0 Å². The number of rotatable bonds is 3. The Labute approximate surface area is 104 Å². The summed E-state index contributed by atoms with van der Waals surface area (Å²) >= 11 is 0. The van der Waals surface area contributed by atoms with Crippen molar-refractivity contribution in [3.8, 4) is 0 Å². The lowest BCUT2D eigenvalue weighted by Crippen LogP contribution is -2.51. The molecule has 1 aliphatic heterocycles. The van der Waals surface area contributed by atoms with Crippen LogP contribution in [-0.4, -0.2) is 43.7 Å². The van der Waals surface area contributed by atoms with E-state index in [0.29, 0.717) is 13.2 Å². The average molecular weight is 240 g/mol. The topological polar surface area (TPSA) is 55.6 Å². The summed E-state index contributed by atoms with van der Waals surface area (Å²) in [7, 11) is 1.69. The average Bonchev–Trinajstić information content (AvgIpc) is 2.27. The van der Waals surface area contributed by atoms with E-state index in [2.05, 4.69) is 6.08 Å². The van der Waals surface area contributed by atoms with Gasteiger partial charge in [-0.25, -0.2) is 0 Å². The molecule has 1 atom stereocenters. The Hall–Kier alpha value is -0.870. The van der Waals surface area contributed by atoms with E-state index < -0.39 is 6.04 Å². The molecule has 2 N–H and O–H groups in total. The molecule has 1 amide bonds. The number of hydrogen-bond donors (Lipinski definition) is 1. The molecule has 0 saturated carbocycles. The molecule has 4 heteroatoms. The van der Waals surface area contributed by atoms with Crippen LogP contribution in [0.1, 0.15) is 27.2 Å². The van der Waals surface area contributed by atoms with Crippen molar-refractivity contribution in [2.24, 2.45) is 11.1 Å². The third-order valence-electron chi connectivity index (χ3n) is 3.14. The van der Waals surface area contributed by atoms with Gasteiger partial charge in [-0.1, -0.05) is 26.8 Å². The van der Waals surface area contributed by atoms with Crippen molar-refractivity contribution in [2.75, 3.05) is 26.8 Å². The first-order valence-corrected chi connectivity index (χ1v) is 6.07. The summed E-state index contributed by atoms with van der Waals surface area (Å²) in [5.41, 5.74) is 7.06. The molecule has 1 unspecified atom stereocenters. The zero-order valence-electron chi connectivity index (χ0n) is 11.3. The molecule has 0 aromatic carbocycles. The molecule has 0 aromatic heterocycles. The van der Waals surface area contributed by atoms with Crippen LogP contribution >= 0.6 is 0 Å². The highest BCUT2D eigenvalue weighted by Crippen LogP contribution is 2.20. The maximum absolute atomic E-state index is 12.1. The molecule has 0 aliphatic carbocycles. The minimum Gasteiger partial charge on any atom is -0.380 e. The smallest absolute Gasteiger partial charge is 0.240 e. The van der Waals surface area contributed by atoms with Crippen LogP contribution in [0, 0.1) is 5.41 Å². The number of nitrogens with zero attached hydrogens (tertiary/aromatic N) is 1. The Morgan fingerprint density at radius 3 is 2.65 bits per heavy atom. The molecule has 1 aliphatic rings. The molecule has 17 heavy (non-hydrogen) atoms. The minimum atomic E-state index is -0.431. The van der Waals surface area contributed by atoms with Gasteiger partial charge >= 0.3 is 0 Å². The van der Waals surface area contributed by atoms with Gasteiger partial charge in [-0.3, -0.25) is 4.79 Å². The van der Waals surface area contributed by atoms with E-state index >= 15 is 0 Å². The number of carbonyl (C=O) groups is 1. The standard InChI is InChI=1S/C13H24N2O2/c1-13(2,3)11(14)12(16)15-7-5-10(6-8-15)9-17-4/h5,11H,6-9,14H2,1-4H3. The van der Waals surface area contributed by atoms with Crippen LogP contribution in [-0.2, 0) is 9.53 Å². The molecule has 4 nitrogen and oxygen atoms in total. The van der Waals surface area contributed by atoms with Crippen LogP contribution in [0.2, 0.25) is 0 Å². The van der Waals surface area contributed by atoms with E-state index in [1.807, 2.05) is 25.7 Å². The summed E-state index contributed by atoms with van der Waals surface area (Å²) < 4.78 is 5.08. The first-order chi connectivity index (χ1) is 7.86. The lowest BCUT2D eigenvalue weighted by Gasteiger charge is -2.33. The molecule has 0 spiro atoms. The Morgan fingerprint density at radius 2 is 2.24 bits per heavy atom. The number of carbonyl (C=O) groups excluding carboxylic acids is 1. The van der Waals surface area contributed by atoms with E-state index in [1.54, 1.807) is 7.11 Å². The van der Waals surface area contributed by atoms with Crippen LogP contribution < -0.4 is 5.73 Å². The van der Waals surface area contributed by atoms with Crippen LogP contribution in [0.15, 0.2) is 11.6 Å². The summed E-state index contributed by atoms with van der Waals surface area (Å²) in [4.78, 5) is 14.0. The zero-order chi connectivity index (χ0) is 13.1. The summed E-state index contributed by atoms with van der Waals surface area (Å²) in [5.74, 6) is 0.0465. The molecular weight excluding hydrogens is 216 g/mol. The van der Waals surface area contributed by atoms with E-state index in [9.17, 15) is 4.79 Å². The second-order valence-corrected chi connectivity index (χ2v) is 5.67. The zero-order valence-corrected chi connectivity index (χ0v) is 11.3. The van der Waals surface area contributed by atoms with Crippen molar-refractivity contribution in [2.45, 2.75) is 33.2 Å². The Balaban J connectivity index is 2.57. The van der Waals surface area contributed by atoms with Gasteiger partial charge in [0.2, 0.25) is 5.91 Å². The van der Waals surface area contributed by atoms with Gasteiger partial charge in [-0.2, -0.15) is 0 Å². The molecular formula is C13H24N2O2. The number of amides is 1. The second kappa shape index (κ2) is 5.65. The third kappa shape index (κ3) is 3.82. The number of hydrogen-bond acceptors (Lipinski definition) is 3. The lowest BCUT2D eigenvalue weighted by atomic mass is 9.86. The Kier molecular flexibility index (Phi) is 4.71. The molecule has 1 rings (SSSR count). The fourth-order valence-electron chi connectivity index (χ4n) is 1.79. The molecule has 0 bridgehead atoms. The minimum absolute atomic E-state index is 0.0465. The second-order valence-electron chi connectivity index (χ2n) is 5.67. The van der Waals surface area contributed by atoms with Gasteiger partial charge in [0.05, 0.1) is 12.6 Å². The van der Waals surface area contributed by atoms with Crippen molar-refractivity contribution in [3.63, 3.8) is 0 Å². The number of ether oxygens (including phenoxy) is 1. The van der Waals surface area contributed by atoms with Crippen molar-refractivity contribution >= 4 is 5.91 Å². The van der Waals surface area contributed by atoms with Crippen molar-refractivity contribution in [3.05, 3.63) is 11.6 Å². The summed E-state index contributed by atoms with van der Waals surface area (Å²) in [6.45, 7) is 8.04. The molecule has 0 saturated heterocycles. The predicted octanol–water partition coefficient (Wildman–Crippen LogP) is 1.16. The lowest BCUT2D eigenvalue weighted by molar-refractivity contribution is -0.134. The molecule has 0 aromatic rings. The maximum Gasteiger partial charge on any atom is 0.240 e. The first-order valence-electron chi connectivity index (χ1n) is 6.07. The quantitative estimate of drug-likeness (QED) is 0.753. The normalized spacial score (nSPS) is 18.9. The van der Waals surface area contributed by atoms with Gasteiger partial charge in [0.25, 0.3) is 0 Å². The van der Waals surface area contributed by atoms with Gasteiger partial charge in [-0.05, 0) is 17.4 Å². The predicted molar refractivity (Wildman–Crippen MR) is 68.6 cm³/mol. The van der Waals surface area contributed by atoms with Crippen molar-refractivity contribution < 1.29 is 9.53 Å². The van der Waals surface area contributed by atoms with Gasteiger partial charge in [0.15, 0.2) is 0 Å². The third-order valence-corrected chi connectivity index (χ3v) is 3.14. The van der Waals surface area contributed by atoms with Crippen LogP contribution in [0.4, 0.5) is 0 Å². The SMILES string of the molecule is COCC1=CCN(C(=O)C(N)C(C)(C)C)CC1. The van der Waals surface area contributed by atoms with E-state index in [4.69, 9.17) is 10.5 Å². The van der Waals surface area contributed by atoms with Crippen LogP contribution in [0.3, 0.4) is 0 Å². The van der Waals surface area contributed by atoms with Gasteiger partial charge in [0.1, 0.15) is 0 Å². The van der Waals surface area contributed by atoms with E-state index in [0.717, 1.165) is 13.0 Å².